The second-order valence-corrected chi connectivity index (χ2v) is 5.69. The molecular formula is C13H12BrNO4S. The van der Waals surface area contributed by atoms with Crippen molar-refractivity contribution in [1.82, 2.24) is 5.32 Å². The molecule has 5 nitrogen and oxygen atoms in total. The number of carbonyl (C=O) groups is 2. The molecule has 0 aromatic heterocycles. The molecule has 0 bridgehead atoms. The molecule has 0 saturated carbocycles. The normalized spacial score (nSPS) is 16.4. The minimum absolute atomic E-state index is 0.355. The summed E-state index contributed by atoms with van der Waals surface area (Å²) in [6.45, 7) is 2.40. The summed E-state index contributed by atoms with van der Waals surface area (Å²) in [5.41, 5.74) is 0.740. The Bertz CT molecular complexity index is 600. The Labute approximate surface area is 128 Å². The smallest absolute Gasteiger partial charge is 0.290 e. The van der Waals surface area contributed by atoms with E-state index in [1.54, 1.807) is 25.3 Å². The van der Waals surface area contributed by atoms with E-state index in [1.165, 1.54) is 0 Å². The summed E-state index contributed by atoms with van der Waals surface area (Å²) in [7, 11) is 1.54. The average Bonchev–Trinajstić information content (AvgIpc) is 2.70. The summed E-state index contributed by atoms with van der Waals surface area (Å²) >= 11 is 4.28. The van der Waals surface area contributed by atoms with Gasteiger partial charge in [0.05, 0.1) is 23.1 Å². The lowest BCUT2D eigenvalue weighted by Crippen LogP contribution is -2.17. The van der Waals surface area contributed by atoms with Crippen LogP contribution in [0.25, 0.3) is 6.08 Å². The molecule has 0 radical (unpaired) electrons. The Morgan fingerprint density at radius 2 is 2.15 bits per heavy atom. The van der Waals surface area contributed by atoms with Gasteiger partial charge < -0.3 is 9.47 Å². The van der Waals surface area contributed by atoms with Crippen LogP contribution in [0.2, 0.25) is 0 Å². The van der Waals surface area contributed by atoms with Crippen molar-refractivity contribution in [2.24, 2.45) is 0 Å². The van der Waals surface area contributed by atoms with Gasteiger partial charge in [0.2, 0.25) is 0 Å². The topological polar surface area (TPSA) is 64.6 Å². The highest BCUT2D eigenvalue weighted by atomic mass is 79.9. The van der Waals surface area contributed by atoms with Crippen molar-refractivity contribution in [2.75, 3.05) is 13.7 Å². The molecule has 0 unspecified atom stereocenters. The number of halogens is 1. The van der Waals surface area contributed by atoms with Gasteiger partial charge in [-0.15, -0.1) is 0 Å². The third-order valence-electron chi connectivity index (χ3n) is 2.48. The molecule has 1 aliphatic heterocycles. The molecule has 1 heterocycles. The number of thioether (sulfide) groups is 1. The van der Waals surface area contributed by atoms with Crippen LogP contribution in [0.15, 0.2) is 21.5 Å². The Morgan fingerprint density at radius 3 is 2.70 bits per heavy atom. The second-order valence-electron chi connectivity index (χ2n) is 3.82. The fourth-order valence-electron chi connectivity index (χ4n) is 1.68. The molecule has 106 valence electrons. The molecule has 7 heteroatoms. The van der Waals surface area contributed by atoms with Crippen molar-refractivity contribution in [3.8, 4) is 11.5 Å². The SMILES string of the molecule is CCOc1c(Br)cc(/C=C2\SC(=O)NC2=O)cc1OC. The number of imide groups is 1. The van der Waals surface area contributed by atoms with Crippen LogP contribution in [0.5, 0.6) is 11.5 Å². The van der Waals surface area contributed by atoms with E-state index >= 15 is 0 Å². The van der Waals surface area contributed by atoms with Gasteiger partial charge >= 0.3 is 0 Å². The summed E-state index contributed by atoms with van der Waals surface area (Å²) in [5.74, 6) is 0.781. The number of methoxy groups -OCH3 is 1. The van der Waals surface area contributed by atoms with Crippen LogP contribution < -0.4 is 14.8 Å². The molecule has 2 rings (SSSR count). The molecule has 20 heavy (non-hydrogen) atoms. The quantitative estimate of drug-likeness (QED) is 0.838. The zero-order chi connectivity index (χ0) is 14.7. The largest absolute Gasteiger partial charge is 0.493 e. The summed E-state index contributed by atoms with van der Waals surface area (Å²) in [4.78, 5) is 23.0. The lowest BCUT2D eigenvalue weighted by molar-refractivity contribution is -0.115. The molecule has 2 amide bonds. The lowest BCUT2D eigenvalue weighted by Gasteiger charge is -2.12. The van der Waals surface area contributed by atoms with E-state index in [1.807, 2.05) is 6.92 Å². The number of hydrogen-bond donors (Lipinski definition) is 1. The number of carbonyl (C=O) groups excluding carboxylic acids is 2. The predicted octanol–water partition coefficient (Wildman–Crippen LogP) is 3.18. The third-order valence-corrected chi connectivity index (χ3v) is 3.88. The fourth-order valence-corrected chi connectivity index (χ4v) is 2.94. The first kappa shape index (κ1) is 14.9. The van der Waals surface area contributed by atoms with Crippen LogP contribution in [0.3, 0.4) is 0 Å². The van der Waals surface area contributed by atoms with Crippen LogP contribution in [0, 0.1) is 0 Å². The standard InChI is InChI=1S/C13H12BrNO4S/c1-3-19-11-8(14)4-7(5-9(11)18-2)6-10-12(16)15-13(17)20-10/h4-6H,3H2,1-2H3,(H,15,16,17)/b10-6-. The molecule has 1 N–H and O–H groups in total. The summed E-state index contributed by atoms with van der Waals surface area (Å²) < 4.78 is 11.5. The van der Waals surface area contributed by atoms with Gasteiger partial charge in [-0.2, -0.15) is 0 Å². The highest BCUT2D eigenvalue weighted by Crippen LogP contribution is 2.38. The number of ether oxygens (including phenoxy) is 2. The highest BCUT2D eigenvalue weighted by Gasteiger charge is 2.25. The molecule has 1 aliphatic rings. The van der Waals surface area contributed by atoms with Crippen LogP contribution in [0.4, 0.5) is 4.79 Å². The monoisotopic (exact) mass is 357 g/mol. The van der Waals surface area contributed by atoms with Crippen molar-refractivity contribution in [3.63, 3.8) is 0 Å². The van der Waals surface area contributed by atoms with E-state index in [0.29, 0.717) is 23.0 Å². The Morgan fingerprint density at radius 1 is 1.40 bits per heavy atom. The van der Waals surface area contributed by atoms with Crippen molar-refractivity contribution < 1.29 is 19.1 Å². The molecule has 1 aromatic rings. The molecular weight excluding hydrogens is 346 g/mol. The molecule has 1 fully saturated rings. The summed E-state index contributed by atoms with van der Waals surface area (Å²) in [5, 5.41) is 1.85. The van der Waals surface area contributed by atoms with E-state index in [0.717, 1.165) is 21.8 Å². The highest BCUT2D eigenvalue weighted by molar-refractivity contribution is 9.10. The Hall–Kier alpha value is -1.47. The molecule has 1 aromatic carbocycles. The first-order chi connectivity index (χ1) is 9.55. The van der Waals surface area contributed by atoms with Gasteiger partial charge in [0.15, 0.2) is 11.5 Å². The molecule has 0 atom stereocenters. The van der Waals surface area contributed by atoms with Gasteiger partial charge in [-0.1, -0.05) is 0 Å². The van der Waals surface area contributed by atoms with Gasteiger partial charge in [0.1, 0.15) is 0 Å². The predicted molar refractivity (Wildman–Crippen MR) is 81.0 cm³/mol. The zero-order valence-electron chi connectivity index (χ0n) is 10.9. The number of benzene rings is 1. The maximum atomic E-state index is 11.5. The van der Waals surface area contributed by atoms with E-state index in [4.69, 9.17) is 9.47 Å². The summed E-state index contributed by atoms with van der Waals surface area (Å²) in [6.07, 6.45) is 1.63. The van der Waals surface area contributed by atoms with Crippen molar-refractivity contribution in [3.05, 3.63) is 27.1 Å². The van der Waals surface area contributed by atoms with Crippen molar-refractivity contribution in [2.45, 2.75) is 6.92 Å². The lowest BCUT2D eigenvalue weighted by atomic mass is 10.2. The zero-order valence-corrected chi connectivity index (χ0v) is 13.3. The number of nitrogens with one attached hydrogen (secondary N) is 1. The van der Waals surface area contributed by atoms with Crippen LogP contribution >= 0.6 is 27.7 Å². The second kappa shape index (κ2) is 6.32. The number of rotatable bonds is 4. The Kier molecular flexibility index (Phi) is 4.72. The maximum absolute atomic E-state index is 11.5. The summed E-state index contributed by atoms with van der Waals surface area (Å²) in [6, 6.07) is 3.55. The fraction of sp³-hybridized carbons (Fsp3) is 0.231. The third kappa shape index (κ3) is 3.16. The first-order valence-corrected chi connectivity index (χ1v) is 7.41. The number of hydrogen-bond acceptors (Lipinski definition) is 5. The average molecular weight is 358 g/mol. The van der Waals surface area contributed by atoms with E-state index < -0.39 is 0 Å². The molecule has 1 saturated heterocycles. The van der Waals surface area contributed by atoms with Crippen LogP contribution in [-0.4, -0.2) is 24.9 Å². The van der Waals surface area contributed by atoms with E-state index in [2.05, 4.69) is 21.2 Å². The maximum Gasteiger partial charge on any atom is 0.290 e. The first-order valence-electron chi connectivity index (χ1n) is 5.80. The molecule has 0 aliphatic carbocycles. The van der Waals surface area contributed by atoms with Gasteiger partial charge in [0.25, 0.3) is 11.1 Å². The Balaban J connectivity index is 2.39. The van der Waals surface area contributed by atoms with Gasteiger partial charge in [-0.3, -0.25) is 14.9 Å². The van der Waals surface area contributed by atoms with Gasteiger partial charge in [0, 0.05) is 0 Å². The van der Waals surface area contributed by atoms with E-state index in [9.17, 15) is 9.59 Å². The van der Waals surface area contributed by atoms with Crippen molar-refractivity contribution >= 4 is 44.9 Å². The van der Waals surface area contributed by atoms with Gasteiger partial charge in [-0.05, 0) is 58.4 Å². The number of amides is 2. The minimum Gasteiger partial charge on any atom is -0.493 e. The molecule has 0 spiro atoms. The van der Waals surface area contributed by atoms with Gasteiger partial charge in [-0.25, -0.2) is 0 Å². The van der Waals surface area contributed by atoms with E-state index in [-0.39, 0.29) is 11.1 Å². The van der Waals surface area contributed by atoms with Crippen molar-refractivity contribution in [1.29, 1.82) is 0 Å². The van der Waals surface area contributed by atoms with Crippen LogP contribution in [-0.2, 0) is 4.79 Å². The minimum atomic E-state index is -0.385. The van der Waals surface area contributed by atoms with Crippen LogP contribution in [0.1, 0.15) is 12.5 Å².